The first-order chi connectivity index (χ1) is 12.9. The SMILES string of the molecule is CC1OCCC(O)C1c1csc(Sc2cc(F)c3c(c2)CCC(=O)N3C)c1. The molecule has 2 aromatic rings. The number of nitrogens with zero attached hydrogens (tertiary/aromatic N) is 1. The van der Waals surface area contributed by atoms with E-state index in [1.165, 1.54) is 22.7 Å². The zero-order valence-corrected chi connectivity index (χ0v) is 16.9. The Morgan fingerprint density at radius 3 is 2.93 bits per heavy atom. The third-order valence-corrected chi connectivity index (χ3v) is 7.42. The van der Waals surface area contributed by atoms with Crippen molar-refractivity contribution in [3.05, 3.63) is 40.5 Å². The number of carbonyl (C=O) groups excluding carboxylic acids is 1. The number of halogens is 1. The topological polar surface area (TPSA) is 49.8 Å². The fourth-order valence-electron chi connectivity index (χ4n) is 3.93. The zero-order valence-electron chi connectivity index (χ0n) is 15.3. The van der Waals surface area contributed by atoms with Crippen LogP contribution in [0.1, 0.15) is 36.8 Å². The molecule has 27 heavy (non-hydrogen) atoms. The van der Waals surface area contributed by atoms with Crippen LogP contribution < -0.4 is 4.90 Å². The standard InChI is InChI=1S/C20H22FNO3S2/c1-11-19(16(23)5-6-25-11)13-8-18(26-10-13)27-14-7-12-3-4-17(24)22(2)20(12)15(21)9-14/h7-11,16,19,23H,3-6H2,1-2H3. The highest BCUT2D eigenvalue weighted by atomic mass is 32.2. The van der Waals surface area contributed by atoms with Gasteiger partial charge >= 0.3 is 0 Å². The summed E-state index contributed by atoms with van der Waals surface area (Å²) in [5.74, 6) is -0.427. The summed E-state index contributed by atoms with van der Waals surface area (Å²) in [5.41, 5.74) is 2.35. The molecular weight excluding hydrogens is 385 g/mol. The number of ether oxygens (including phenoxy) is 1. The van der Waals surface area contributed by atoms with Crippen molar-refractivity contribution in [2.45, 2.75) is 53.4 Å². The first-order valence-electron chi connectivity index (χ1n) is 9.09. The van der Waals surface area contributed by atoms with Gasteiger partial charge in [0.15, 0.2) is 0 Å². The van der Waals surface area contributed by atoms with Gasteiger partial charge in [-0.25, -0.2) is 4.39 Å². The van der Waals surface area contributed by atoms with E-state index in [1.807, 2.05) is 13.0 Å². The highest BCUT2D eigenvalue weighted by Crippen LogP contribution is 2.41. The largest absolute Gasteiger partial charge is 0.392 e. The predicted octanol–water partition coefficient (Wildman–Crippen LogP) is 4.20. The van der Waals surface area contributed by atoms with E-state index in [9.17, 15) is 14.3 Å². The Balaban J connectivity index is 1.56. The number of hydrogen-bond donors (Lipinski definition) is 1. The van der Waals surface area contributed by atoms with Crippen molar-refractivity contribution in [1.82, 2.24) is 0 Å². The number of aryl methyl sites for hydroxylation is 1. The molecule has 0 radical (unpaired) electrons. The number of rotatable bonds is 3. The van der Waals surface area contributed by atoms with E-state index in [0.29, 0.717) is 31.6 Å². The molecule has 0 aliphatic carbocycles. The van der Waals surface area contributed by atoms with Crippen molar-refractivity contribution < 1.29 is 19.0 Å². The van der Waals surface area contributed by atoms with E-state index >= 15 is 0 Å². The summed E-state index contributed by atoms with van der Waals surface area (Å²) < 4.78 is 21.3. The Bertz CT molecular complexity index is 859. The number of amides is 1. The van der Waals surface area contributed by atoms with E-state index in [-0.39, 0.29) is 23.7 Å². The lowest BCUT2D eigenvalue weighted by Crippen LogP contribution is -2.35. The summed E-state index contributed by atoms with van der Waals surface area (Å²) in [6.45, 7) is 2.59. The van der Waals surface area contributed by atoms with Crippen LogP contribution in [-0.4, -0.2) is 36.9 Å². The number of benzene rings is 1. The number of thiophene rings is 1. The summed E-state index contributed by atoms with van der Waals surface area (Å²) in [6.07, 6.45) is 1.22. The number of carbonyl (C=O) groups is 1. The van der Waals surface area contributed by atoms with Crippen molar-refractivity contribution in [3.8, 4) is 0 Å². The number of fused-ring (bicyclic) bond motifs is 1. The lowest BCUT2D eigenvalue weighted by atomic mass is 9.87. The maximum Gasteiger partial charge on any atom is 0.227 e. The Labute approximate surface area is 166 Å². The van der Waals surface area contributed by atoms with Crippen molar-refractivity contribution in [2.24, 2.45) is 0 Å². The van der Waals surface area contributed by atoms with Gasteiger partial charge in [-0.15, -0.1) is 11.3 Å². The fraction of sp³-hybridized carbons (Fsp3) is 0.450. The maximum atomic E-state index is 14.6. The molecular formula is C20H22FNO3S2. The third-order valence-electron chi connectivity index (χ3n) is 5.35. The Hall–Kier alpha value is -1.41. The average Bonchev–Trinajstić information content (AvgIpc) is 3.06. The van der Waals surface area contributed by atoms with Crippen LogP contribution in [0.3, 0.4) is 0 Å². The highest BCUT2D eigenvalue weighted by Gasteiger charge is 2.32. The summed E-state index contributed by atoms with van der Waals surface area (Å²) in [7, 11) is 1.63. The first-order valence-corrected chi connectivity index (χ1v) is 10.8. The van der Waals surface area contributed by atoms with E-state index in [0.717, 1.165) is 20.2 Å². The van der Waals surface area contributed by atoms with Gasteiger partial charge in [-0.05, 0) is 54.5 Å². The molecule has 1 aromatic carbocycles. The number of anilines is 1. The van der Waals surface area contributed by atoms with Gasteiger partial charge in [-0.1, -0.05) is 11.8 Å². The van der Waals surface area contributed by atoms with Crippen LogP contribution in [0.15, 0.2) is 32.7 Å². The molecule has 1 amide bonds. The van der Waals surface area contributed by atoms with E-state index in [4.69, 9.17) is 4.74 Å². The van der Waals surface area contributed by atoms with Gasteiger partial charge in [-0.3, -0.25) is 4.79 Å². The van der Waals surface area contributed by atoms with Gasteiger partial charge in [0, 0.05) is 30.9 Å². The van der Waals surface area contributed by atoms with E-state index in [1.54, 1.807) is 18.4 Å². The smallest absolute Gasteiger partial charge is 0.227 e. The van der Waals surface area contributed by atoms with Crippen molar-refractivity contribution in [3.63, 3.8) is 0 Å². The molecule has 1 fully saturated rings. The second-order valence-corrected chi connectivity index (χ2v) is 9.41. The molecule has 0 bridgehead atoms. The molecule has 3 heterocycles. The summed E-state index contributed by atoms with van der Waals surface area (Å²) in [4.78, 5) is 14.1. The second-order valence-electron chi connectivity index (χ2n) is 7.12. The number of aliphatic hydroxyl groups is 1. The van der Waals surface area contributed by atoms with Gasteiger partial charge in [0.2, 0.25) is 5.91 Å². The van der Waals surface area contributed by atoms with Gasteiger partial charge in [-0.2, -0.15) is 0 Å². The molecule has 3 atom stereocenters. The van der Waals surface area contributed by atoms with Gasteiger partial charge < -0.3 is 14.7 Å². The van der Waals surface area contributed by atoms with Crippen LogP contribution in [0, 0.1) is 5.82 Å². The monoisotopic (exact) mass is 407 g/mol. The molecule has 2 aliphatic heterocycles. The quantitative estimate of drug-likeness (QED) is 0.829. The summed E-state index contributed by atoms with van der Waals surface area (Å²) >= 11 is 3.11. The average molecular weight is 408 g/mol. The third kappa shape index (κ3) is 3.66. The Morgan fingerprint density at radius 1 is 1.33 bits per heavy atom. The lowest BCUT2D eigenvalue weighted by molar-refractivity contribution is -0.118. The second kappa shape index (κ2) is 7.54. The summed E-state index contributed by atoms with van der Waals surface area (Å²) in [5, 5.41) is 12.4. The van der Waals surface area contributed by atoms with Gasteiger partial charge in [0.25, 0.3) is 0 Å². The molecule has 144 valence electrons. The summed E-state index contributed by atoms with van der Waals surface area (Å²) in [6, 6.07) is 5.55. The van der Waals surface area contributed by atoms with Crippen LogP contribution in [-0.2, 0) is 16.0 Å². The maximum absolute atomic E-state index is 14.6. The van der Waals surface area contributed by atoms with Crippen LogP contribution in [0.5, 0.6) is 0 Å². The Morgan fingerprint density at radius 2 is 2.15 bits per heavy atom. The molecule has 1 aromatic heterocycles. The van der Waals surface area contributed by atoms with Gasteiger partial charge in [0.05, 0.1) is 22.1 Å². The molecule has 4 rings (SSSR count). The van der Waals surface area contributed by atoms with E-state index < -0.39 is 6.10 Å². The zero-order chi connectivity index (χ0) is 19.1. The van der Waals surface area contributed by atoms with Crippen molar-refractivity contribution >= 4 is 34.7 Å². The highest BCUT2D eigenvalue weighted by molar-refractivity contribution is 8.01. The molecule has 0 saturated carbocycles. The predicted molar refractivity (Wildman–Crippen MR) is 105 cm³/mol. The van der Waals surface area contributed by atoms with Gasteiger partial charge in [0.1, 0.15) is 5.82 Å². The minimum atomic E-state index is -0.393. The first kappa shape index (κ1) is 18.9. The van der Waals surface area contributed by atoms with Crippen LogP contribution in [0.25, 0.3) is 0 Å². The Kier molecular flexibility index (Phi) is 5.29. The number of aliphatic hydroxyl groups excluding tert-OH is 1. The molecule has 1 saturated heterocycles. The minimum absolute atomic E-state index is 0.0181. The molecule has 1 N–H and O–H groups in total. The molecule has 2 aliphatic rings. The molecule has 7 heteroatoms. The fourth-order valence-corrected chi connectivity index (χ4v) is 6.02. The van der Waals surface area contributed by atoms with Crippen LogP contribution in [0.4, 0.5) is 10.1 Å². The normalized spacial score (nSPS) is 25.6. The van der Waals surface area contributed by atoms with Crippen LogP contribution >= 0.6 is 23.1 Å². The van der Waals surface area contributed by atoms with Crippen molar-refractivity contribution in [2.75, 3.05) is 18.6 Å². The molecule has 0 spiro atoms. The minimum Gasteiger partial charge on any atom is -0.392 e. The molecule has 3 unspecified atom stereocenters. The molecule has 4 nitrogen and oxygen atoms in total. The van der Waals surface area contributed by atoms with Crippen molar-refractivity contribution in [1.29, 1.82) is 0 Å². The van der Waals surface area contributed by atoms with E-state index in [2.05, 4.69) is 11.4 Å². The number of hydrogen-bond acceptors (Lipinski definition) is 5. The lowest BCUT2D eigenvalue weighted by Gasteiger charge is -2.33. The van der Waals surface area contributed by atoms with Crippen LogP contribution in [0.2, 0.25) is 0 Å².